The highest BCUT2D eigenvalue weighted by Crippen LogP contribution is 2.27. The molecule has 0 bridgehead atoms. The van der Waals surface area contributed by atoms with Gasteiger partial charge in [-0.15, -0.1) is 11.3 Å². The lowest BCUT2D eigenvalue weighted by molar-refractivity contribution is -0.130. The van der Waals surface area contributed by atoms with Gasteiger partial charge in [0.05, 0.1) is 6.54 Å². The number of carbonyl (C=O) groups is 2. The van der Waals surface area contributed by atoms with Gasteiger partial charge in [0.1, 0.15) is 6.04 Å². The van der Waals surface area contributed by atoms with Crippen molar-refractivity contribution in [1.82, 2.24) is 5.32 Å². The second-order valence-electron chi connectivity index (χ2n) is 4.30. The monoisotopic (exact) mass is 260 g/mol. The fraction of sp³-hybridized carbons (Fsp3) is 0.231. The van der Waals surface area contributed by atoms with Gasteiger partial charge in [-0.25, -0.2) is 0 Å². The first-order chi connectivity index (χ1) is 8.66. The number of amides is 2. The molecule has 4 nitrogen and oxygen atoms in total. The fourth-order valence-corrected chi connectivity index (χ4v) is 2.97. The molecule has 92 valence electrons. The zero-order valence-electron chi connectivity index (χ0n) is 9.84. The van der Waals surface area contributed by atoms with E-state index in [1.165, 1.54) is 4.70 Å². The van der Waals surface area contributed by atoms with Crippen molar-refractivity contribution >= 4 is 38.9 Å². The van der Waals surface area contributed by atoms with Crippen LogP contribution in [-0.2, 0) is 9.59 Å². The number of piperazine rings is 1. The van der Waals surface area contributed by atoms with Crippen molar-refractivity contribution in [1.29, 1.82) is 0 Å². The van der Waals surface area contributed by atoms with Gasteiger partial charge >= 0.3 is 0 Å². The molecule has 1 aliphatic heterocycles. The summed E-state index contributed by atoms with van der Waals surface area (Å²) in [6.45, 7) is 1.81. The van der Waals surface area contributed by atoms with Crippen LogP contribution < -0.4 is 10.2 Å². The van der Waals surface area contributed by atoms with E-state index >= 15 is 0 Å². The molecule has 1 unspecified atom stereocenters. The average molecular weight is 260 g/mol. The number of nitrogens with one attached hydrogen (secondary N) is 1. The van der Waals surface area contributed by atoms with E-state index in [9.17, 15) is 9.59 Å². The summed E-state index contributed by atoms with van der Waals surface area (Å²) in [7, 11) is 0. The first kappa shape index (κ1) is 11.2. The summed E-state index contributed by atoms with van der Waals surface area (Å²) in [6, 6.07) is 7.40. The van der Waals surface area contributed by atoms with Crippen LogP contribution in [0.15, 0.2) is 29.6 Å². The zero-order chi connectivity index (χ0) is 12.7. The number of nitrogens with zero attached hydrogens (tertiary/aromatic N) is 1. The summed E-state index contributed by atoms with van der Waals surface area (Å²) in [5.41, 5.74) is 0.785. The quantitative estimate of drug-likeness (QED) is 0.849. The summed E-state index contributed by atoms with van der Waals surface area (Å²) in [5, 5.41) is 5.70. The Morgan fingerprint density at radius 2 is 2.17 bits per heavy atom. The Hall–Kier alpha value is -1.88. The van der Waals surface area contributed by atoms with Crippen LogP contribution in [0.4, 0.5) is 5.69 Å². The molecular weight excluding hydrogens is 248 g/mol. The Balaban J connectivity index is 2.06. The van der Waals surface area contributed by atoms with Crippen molar-refractivity contribution in [3.63, 3.8) is 0 Å². The predicted octanol–water partition coefficient (Wildman–Crippen LogP) is 1.75. The molecule has 1 aromatic carbocycles. The van der Waals surface area contributed by atoms with Gasteiger partial charge in [-0.3, -0.25) is 14.5 Å². The highest BCUT2D eigenvalue weighted by atomic mass is 32.1. The number of benzene rings is 1. The van der Waals surface area contributed by atoms with Crippen LogP contribution in [0.25, 0.3) is 10.1 Å². The molecule has 5 heteroatoms. The molecule has 18 heavy (non-hydrogen) atoms. The number of rotatable bonds is 1. The van der Waals surface area contributed by atoms with E-state index in [1.54, 1.807) is 23.2 Å². The first-order valence-corrected chi connectivity index (χ1v) is 6.62. The van der Waals surface area contributed by atoms with E-state index in [0.717, 1.165) is 11.1 Å². The van der Waals surface area contributed by atoms with E-state index in [-0.39, 0.29) is 18.4 Å². The van der Waals surface area contributed by atoms with Gasteiger partial charge < -0.3 is 5.32 Å². The SMILES string of the molecule is CC1C(=O)NCC(=O)N1c1ccc2sccc2c1. The van der Waals surface area contributed by atoms with Crippen LogP contribution >= 0.6 is 11.3 Å². The average Bonchev–Trinajstić information content (AvgIpc) is 2.82. The van der Waals surface area contributed by atoms with Crippen molar-refractivity contribution < 1.29 is 9.59 Å². The molecule has 1 fully saturated rings. The number of thiophene rings is 1. The maximum atomic E-state index is 11.9. The number of hydrogen-bond acceptors (Lipinski definition) is 3. The van der Waals surface area contributed by atoms with Crippen molar-refractivity contribution in [2.24, 2.45) is 0 Å². The highest BCUT2D eigenvalue weighted by molar-refractivity contribution is 7.17. The van der Waals surface area contributed by atoms with Crippen LogP contribution in [0, 0.1) is 0 Å². The summed E-state index contributed by atoms with van der Waals surface area (Å²) >= 11 is 1.66. The van der Waals surface area contributed by atoms with Crippen molar-refractivity contribution in [2.45, 2.75) is 13.0 Å². The van der Waals surface area contributed by atoms with Gasteiger partial charge in [-0.1, -0.05) is 0 Å². The molecule has 1 N–H and O–H groups in total. The van der Waals surface area contributed by atoms with E-state index in [4.69, 9.17) is 0 Å². The molecule has 1 aromatic heterocycles. The molecule has 3 rings (SSSR count). The Bertz CT molecular complexity index is 635. The molecule has 2 aromatic rings. The molecule has 2 amide bonds. The minimum absolute atomic E-state index is 0.0725. The Kier molecular flexibility index (Phi) is 2.56. The van der Waals surface area contributed by atoms with Gasteiger partial charge in [-0.2, -0.15) is 0 Å². The van der Waals surface area contributed by atoms with E-state index in [2.05, 4.69) is 5.32 Å². The molecule has 0 saturated carbocycles. The molecule has 0 spiro atoms. The molecule has 0 radical (unpaired) electrons. The molecule has 1 saturated heterocycles. The lowest BCUT2D eigenvalue weighted by Crippen LogP contribution is -2.57. The van der Waals surface area contributed by atoms with Crippen molar-refractivity contribution in [2.75, 3.05) is 11.4 Å². The maximum absolute atomic E-state index is 11.9. The summed E-state index contributed by atoms with van der Waals surface area (Å²) in [6.07, 6.45) is 0. The van der Waals surface area contributed by atoms with E-state index in [1.807, 2.05) is 29.6 Å². The zero-order valence-corrected chi connectivity index (χ0v) is 10.7. The highest BCUT2D eigenvalue weighted by Gasteiger charge is 2.31. The third-order valence-electron chi connectivity index (χ3n) is 3.16. The second-order valence-corrected chi connectivity index (χ2v) is 5.25. The smallest absolute Gasteiger partial charge is 0.247 e. The van der Waals surface area contributed by atoms with Gasteiger partial charge in [0.2, 0.25) is 11.8 Å². The number of carbonyl (C=O) groups excluding carboxylic acids is 2. The van der Waals surface area contributed by atoms with E-state index < -0.39 is 6.04 Å². The van der Waals surface area contributed by atoms with Crippen LogP contribution in [0.5, 0.6) is 0 Å². The summed E-state index contributed by atoms with van der Waals surface area (Å²) < 4.78 is 1.18. The number of hydrogen-bond donors (Lipinski definition) is 1. The third-order valence-corrected chi connectivity index (χ3v) is 4.06. The van der Waals surface area contributed by atoms with Crippen LogP contribution in [0.2, 0.25) is 0 Å². The van der Waals surface area contributed by atoms with Crippen LogP contribution in [0.1, 0.15) is 6.92 Å². The summed E-state index contributed by atoms with van der Waals surface area (Å²) in [5.74, 6) is -0.184. The minimum atomic E-state index is -0.456. The molecule has 0 aliphatic carbocycles. The number of fused-ring (bicyclic) bond motifs is 1. The van der Waals surface area contributed by atoms with Gasteiger partial charge in [-0.05, 0) is 42.0 Å². The van der Waals surface area contributed by atoms with Crippen molar-refractivity contribution in [3.05, 3.63) is 29.6 Å². The van der Waals surface area contributed by atoms with Crippen LogP contribution in [-0.4, -0.2) is 24.4 Å². The molecule has 1 atom stereocenters. The fourth-order valence-electron chi connectivity index (χ4n) is 2.20. The Morgan fingerprint density at radius 1 is 1.33 bits per heavy atom. The molecule has 1 aliphatic rings. The van der Waals surface area contributed by atoms with Gasteiger partial charge in [0, 0.05) is 10.4 Å². The molecular formula is C13H12N2O2S. The summed E-state index contributed by atoms with van der Waals surface area (Å²) in [4.78, 5) is 25.1. The molecule has 2 heterocycles. The standard InChI is InChI=1S/C13H12N2O2S/c1-8-13(17)14-7-12(16)15(8)10-2-3-11-9(6-10)4-5-18-11/h2-6,8H,7H2,1H3,(H,14,17). The van der Waals surface area contributed by atoms with Crippen molar-refractivity contribution in [3.8, 4) is 0 Å². The second kappa shape index (κ2) is 4.10. The maximum Gasteiger partial charge on any atom is 0.247 e. The third kappa shape index (κ3) is 1.67. The van der Waals surface area contributed by atoms with Gasteiger partial charge in [0.15, 0.2) is 0 Å². The number of anilines is 1. The first-order valence-electron chi connectivity index (χ1n) is 5.74. The predicted molar refractivity (Wildman–Crippen MR) is 71.8 cm³/mol. The lowest BCUT2D eigenvalue weighted by Gasteiger charge is -2.32. The minimum Gasteiger partial charge on any atom is -0.345 e. The Morgan fingerprint density at radius 3 is 3.00 bits per heavy atom. The lowest BCUT2D eigenvalue weighted by atomic mass is 10.1. The normalized spacial score (nSPS) is 20.3. The Labute approximate surface area is 108 Å². The largest absolute Gasteiger partial charge is 0.345 e. The van der Waals surface area contributed by atoms with E-state index in [0.29, 0.717) is 0 Å². The topological polar surface area (TPSA) is 49.4 Å². The van der Waals surface area contributed by atoms with Gasteiger partial charge in [0.25, 0.3) is 0 Å². The van der Waals surface area contributed by atoms with Crippen LogP contribution in [0.3, 0.4) is 0 Å².